The molecule has 0 aromatic heterocycles. The van der Waals surface area contributed by atoms with Gasteiger partial charge in [-0.05, 0) is 23.3 Å². The number of carboxylic acid groups (broad SMARTS) is 1. The van der Waals surface area contributed by atoms with Crippen molar-refractivity contribution < 1.29 is 19.5 Å². The second-order valence-corrected chi connectivity index (χ2v) is 7.89. The first kappa shape index (κ1) is 17.6. The third-order valence-corrected chi connectivity index (χ3v) is 6.20. The number of aliphatic carboxylic acids is 1. The number of anilines is 1. The second kappa shape index (κ2) is 7.08. The summed E-state index contributed by atoms with van der Waals surface area (Å²) < 4.78 is 0. The molecule has 2 aliphatic heterocycles. The van der Waals surface area contributed by atoms with Crippen LogP contribution in [0.2, 0.25) is 0 Å². The molecule has 6 nitrogen and oxygen atoms in total. The van der Waals surface area contributed by atoms with Crippen molar-refractivity contribution >= 4 is 35.2 Å². The van der Waals surface area contributed by atoms with Gasteiger partial charge in [0.2, 0.25) is 11.8 Å². The fourth-order valence-corrected chi connectivity index (χ4v) is 4.61. The minimum atomic E-state index is -1.02. The lowest BCUT2D eigenvalue weighted by molar-refractivity contribution is -0.151. The maximum atomic E-state index is 12.9. The van der Waals surface area contributed by atoms with Crippen LogP contribution in [0.3, 0.4) is 0 Å². The van der Waals surface area contributed by atoms with E-state index in [1.807, 2.05) is 48.5 Å². The van der Waals surface area contributed by atoms with Crippen LogP contribution in [-0.4, -0.2) is 39.1 Å². The number of nitrogens with one attached hydrogen (secondary N) is 1. The number of thioether (sulfide) groups is 1. The van der Waals surface area contributed by atoms with Gasteiger partial charge in [0.05, 0.1) is 10.9 Å². The molecule has 0 saturated carbocycles. The Morgan fingerprint density at radius 2 is 1.81 bits per heavy atom. The van der Waals surface area contributed by atoms with Crippen molar-refractivity contribution in [1.29, 1.82) is 0 Å². The van der Waals surface area contributed by atoms with Crippen molar-refractivity contribution in [2.75, 3.05) is 5.32 Å². The molecule has 138 valence electrons. The number of fused-ring (bicyclic) bond motifs is 2. The highest BCUT2D eigenvalue weighted by Crippen LogP contribution is 2.37. The molecule has 2 unspecified atom stereocenters. The van der Waals surface area contributed by atoms with E-state index in [2.05, 4.69) is 5.32 Å². The van der Waals surface area contributed by atoms with E-state index in [1.54, 1.807) is 0 Å². The average molecular weight is 382 g/mol. The zero-order valence-electron chi connectivity index (χ0n) is 14.4. The Kier molecular flexibility index (Phi) is 4.61. The SMILES string of the molecule is O=C1Nc2ccccc2SC1CC(=O)N1Cc2ccccc2CC1C(=O)O. The van der Waals surface area contributed by atoms with Crippen LogP contribution in [-0.2, 0) is 27.3 Å². The van der Waals surface area contributed by atoms with Gasteiger partial charge < -0.3 is 15.3 Å². The predicted molar refractivity (Wildman–Crippen MR) is 101 cm³/mol. The second-order valence-electron chi connectivity index (χ2n) is 6.64. The van der Waals surface area contributed by atoms with Crippen molar-refractivity contribution in [3.8, 4) is 0 Å². The van der Waals surface area contributed by atoms with Crippen molar-refractivity contribution in [2.45, 2.75) is 35.6 Å². The van der Waals surface area contributed by atoms with E-state index in [1.165, 1.54) is 16.7 Å². The van der Waals surface area contributed by atoms with Crippen LogP contribution in [0.1, 0.15) is 17.5 Å². The Hall–Kier alpha value is -2.80. The first-order valence-electron chi connectivity index (χ1n) is 8.68. The Balaban J connectivity index is 1.53. The normalized spacial score (nSPS) is 21.0. The highest BCUT2D eigenvalue weighted by atomic mass is 32.2. The summed E-state index contributed by atoms with van der Waals surface area (Å²) in [5.41, 5.74) is 2.65. The number of hydrogen-bond acceptors (Lipinski definition) is 4. The number of benzene rings is 2. The summed E-state index contributed by atoms with van der Waals surface area (Å²) in [4.78, 5) is 39.3. The largest absolute Gasteiger partial charge is 0.480 e. The summed E-state index contributed by atoms with van der Waals surface area (Å²) in [7, 11) is 0. The van der Waals surface area contributed by atoms with Gasteiger partial charge in [0, 0.05) is 24.3 Å². The molecule has 0 aliphatic carbocycles. The Morgan fingerprint density at radius 1 is 1.11 bits per heavy atom. The van der Waals surface area contributed by atoms with E-state index in [4.69, 9.17) is 0 Å². The highest BCUT2D eigenvalue weighted by Gasteiger charge is 2.37. The van der Waals surface area contributed by atoms with E-state index in [0.717, 1.165) is 21.7 Å². The maximum absolute atomic E-state index is 12.9. The van der Waals surface area contributed by atoms with Crippen LogP contribution in [0.25, 0.3) is 0 Å². The van der Waals surface area contributed by atoms with Crippen molar-refractivity contribution in [1.82, 2.24) is 4.90 Å². The van der Waals surface area contributed by atoms with E-state index < -0.39 is 17.3 Å². The standard InChI is InChI=1S/C20H18N2O4S/c23-18(10-17-19(24)21-14-7-3-4-8-16(14)27-17)22-11-13-6-2-1-5-12(13)9-15(22)20(25)26/h1-8,15,17H,9-11H2,(H,21,24)(H,25,26). The van der Waals surface area contributed by atoms with Gasteiger partial charge >= 0.3 is 5.97 Å². The minimum absolute atomic E-state index is 0.0310. The molecule has 0 saturated heterocycles. The topological polar surface area (TPSA) is 86.7 Å². The van der Waals surface area contributed by atoms with Gasteiger partial charge in [0.1, 0.15) is 6.04 Å². The fourth-order valence-electron chi connectivity index (χ4n) is 3.51. The molecular weight excluding hydrogens is 364 g/mol. The molecule has 27 heavy (non-hydrogen) atoms. The summed E-state index contributed by atoms with van der Waals surface area (Å²) in [5, 5.41) is 11.8. The van der Waals surface area contributed by atoms with Gasteiger partial charge in [-0.25, -0.2) is 4.79 Å². The fraction of sp³-hybridized carbons (Fsp3) is 0.250. The van der Waals surface area contributed by atoms with Crippen LogP contribution in [0.4, 0.5) is 5.69 Å². The zero-order valence-corrected chi connectivity index (χ0v) is 15.2. The molecule has 0 spiro atoms. The van der Waals surface area contributed by atoms with Crippen molar-refractivity contribution in [3.05, 3.63) is 59.7 Å². The maximum Gasteiger partial charge on any atom is 0.326 e. The van der Waals surface area contributed by atoms with E-state index in [-0.39, 0.29) is 31.2 Å². The lowest BCUT2D eigenvalue weighted by Gasteiger charge is -2.35. The van der Waals surface area contributed by atoms with Gasteiger partial charge in [-0.15, -0.1) is 11.8 Å². The molecule has 4 rings (SSSR count). The smallest absolute Gasteiger partial charge is 0.326 e. The third-order valence-electron chi connectivity index (χ3n) is 4.92. The number of carbonyl (C=O) groups excluding carboxylic acids is 2. The highest BCUT2D eigenvalue weighted by molar-refractivity contribution is 8.01. The summed E-state index contributed by atoms with van der Waals surface area (Å²) in [6.45, 7) is 0.252. The third kappa shape index (κ3) is 3.42. The van der Waals surface area contributed by atoms with Crippen LogP contribution >= 0.6 is 11.8 Å². The molecule has 2 N–H and O–H groups in total. The van der Waals surface area contributed by atoms with Gasteiger partial charge in [-0.1, -0.05) is 36.4 Å². The number of hydrogen-bond donors (Lipinski definition) is 2. The van der Waals surface area contributed by atoms with Crippen LogP contribution < -0.4 is 5.32 Å². The monoisotopic (exact) mass is 382 g/mol. The van der Waals surface area contributed by atoms with E-state index in [0.29, 0.717) is 0 Å². The quantitative estimate of drug-likeness (QED) is 0.852. The summed E-state index contributed by atoms with van der Waals surface area (Å²) in [6, 6.07) is 14.1. The summed E-state index contributed by atoms with van der Waals surface area (Å²) >= 11 is 1.35. The predicted octanol–water partition coefficient (Wildman–Crippen LogP) is 2.53. The number of carboxylic acids is 1. The van der Waals surface area contributed by atoms with E-state index >= 15 is 0 Å². The molecule has 2 aromatic rings. The molecule has 2 atom stereocenters. The van der Waals surface area contributed by atoms with Crippen LogP contribution in [0, 0.1) is 0 Å². The molecule has 0 bridgehead atoms. The van der Waals surface area contributed by atoms with Crippen molar-refractivity contribution in [2.24, 2.45) is 0 Å². The van der Waals surface area contributed by atoms with Gasteiger partial charge in [0.25, 0.3) is 0 Å². The number of para-hydroxylation sites is 1. The minimum Gasteiger partial charge on any atom is -0.480 e. The number of amides is 2. The first-order chi connectivity index (χ1) is 13.0. The number of rotatable bonds is 3. The number of carbonyl (C=O) groups is 3. The first-order valence-corrected chi connectivity index (χ1v) is 9.56. The molecular formula is C20H18N2O4S. The summed E-state index contributed by atoms with van der Waals surface area (Å²) in [6.07, 6.45) is 0.251. The van der Waals surface area contributed by atoms with Gasteiger partial charge in [-0.2, -0.15) is 0 Å². The lowest BCUT2D eigenvalue weighted by atomic mass is 9.93. The molecule has 2 heterocycles. The molecule has 7 heteroatoms. The Bertz CT molecular complexity index is 930. The molecule has 2 amide bonds. The zero-order chi connectivity index (χ0) is 19.0. The van der Waals surface area contributed by atoms with Crippen LogP contribution in [0.5, 0.6) is 0 Å². The molecule has 0 radical (unpaired) electrons. The lowest BCUT2D eigenvalue weighted by Crippen LogP contribution is -2.49. The van der Waals surface area contributed by atoms with Gasteiger partial charge in [-0.3, -0.25) is 9.59 Å². The van der Waals surface area contributed by atoms with Crippen molar-refractivity contribution in [3.63, 3.8) is 0 Å². The molecule has 2 aliphatic rings. The average Bonchev–Trinajstić information content (AvgIpc) is 2.67. The van der Waals surface area contributed by atoms with Gasteiger partial charge in [0.15, 0.2) is 0 Å². The Morgan fingerprint density at radius 3 is 2.59 bits per heavy atom. The summed E-state index contributed by atoms with van der Waals surface area (Å²) in [5.74, 6) is -1.57. The van der Waals surface area contributed by atoms with Crippen LogP contribution in [0.15, 0.2) is 53.4 Å². The molecule has 0 fully saturated rings. The Labute approximate surface area is 160 Å². The van der Waals surface area contributed by atoms with E-state index in [9.17, 15) is 19.5 Å². The number of nitrogens with zero attached hydrogens (tertiary/aromatic N) is 1. The molecule has 2 aromatic carbocycles.